The average Bonchev–Trinajstić information content (AvgIpc) is 2.29. The van der Waals surface area contributed by atoms with Crippen LogP contribution in [0.2, 0.25) is 0 Å². The zero-order valence-electron chi connectivity index (χ0n) is 10.4. The Balaban J connectivity index is 2.45. The summed E-state index contributed by atoms with van der Waals surface area (Å²) in [4.78, 5) is 4.33. The standard InChI is InChI=1S/C12H22N4/c1-4-16(3)15-8-6-12-9-11(10(2)13)5-7-14-12/h5,7,9-10,15H,4,6,8,13H2,1-3H3. The van der Waals surface area contributed by atoms with Crippen LogP contribution >= 0.6 is 0 Å². The molecule has 16 heavy (non-hydrogen) atoms. The molecule has 1 aromatic heterocycles. The van der Waals surface area contributed by atoms with Crippen molar-refractivity contribution in [3.63, 3.8) is 0 Å². The van der Waals surface area contributed by atoms with Gasteiger partial charge in [0.15, 0.2) is 0 Å². The Kier molecular flexibility index (Phi) is 5.38. The number of aromatic nitrogens is 1. The van der Waals surface area contributed by atoms with Crippen molar-refractivity contribution < 1.29 is 0 Å². The summed E-state index contributed by atoms with van der Waals surface area (Å²) in [6.45, 7) is 6.00. The normalized spacial score (nSPS) is 13.1. The van der Waals surface area contributed by atoms with Crippen LogP contribution in [0.5, 0.6) is 0 Å². The first-order chi connectivity index (χ1) is 7.63. The maximum atomic E-state index is 5.83. The molecule has 0 aliphatic carbocycles. The quantitative estimate of drug-likeness (QED) is 0.708. The Labute approximate surface area is 97.8 Å². The molecule has 3 N–H and O–H groups in total. The molecule has 1 atom stereocenters. The lowest BCUT2D eigenvalue weighted by atomic mass is 10.1. The Hall–Kier alpha value is -0.970. The Morgan fingerprint density at radius 2 is 2.31 bits per heavy atom. The molecule has 90 valence electrons. The zero-order valence-corrected chi connectivity index (χ0v) is 10.4. The molecule has 0 saturated carbocycles. The lowest BCUT2D eigenvalue weighted by molar-refractivity contribution is 0.249. The topological polar surface area (TPSA) is 54.2 Å². The van der Waals surface area contributed by atoms with Gasteiger partial charge in [-0.3, -0.25) is 10.4 Å². The number of rotatable bonds is 6. The van der Waals surface area contributed by atoms with Crippen LogP contribution in [0.1, 0.15) is 31.1 Å². The number of nitrogens with zero attached hydrogens (tertiary/aromatic N) is 2. The predicted molar refractivity (Wildman–Crippen MR) is 66.9 cm³/mol. The lowest BCUT2D eigenvalue weighted by Crippen LogP contribution is -2.35. The summed E-state index contributed by atoms with van der Waals surface area (Å²) in [7, 11) is 2.03. The van der Waals surface area contributed by atoms with Gasteiger partial charge >= 0.3 is 0 Å². The van der Waals surface area contributed by atoms with E-state index in [1.165, 1.54) is 0 Å². The molecule has 0 fully saturated rings. The molecule has 0 bridgehead atoms. The number of nitrogens with two attached hydrogens (primary N) is 1. The third kappa shape index (κ3) is 4.26. The van der Waals surface area contributed by atoms with Gasteiger partial charge in [-0.25, -0.2) is 5.01 Å². The van der Waals surface area contributed by atoms with E-state index >= 15 is 0 Å². The average molecular weight is 222 g/mol. The highest BCUT2D eigenvalue weighted by atomic mass is 15.5. The van der Waals surface area contributed by atoms with Gasteiger partial charge in [0.25, 0.3) is 0 Å². The summed E-state index contributed by atoms with van der Waals surface area (Å²) in [5.74, 6) is 0. The van der Waals surface area contributed by atoms with E-state index in [2.05, 4.69) is 28.4 Å². The third-order valence-corrected chi connectivity index (χ3v) is 2.60. The monoisotopic (exact) mass is 222 g/mol. The van der Waals surface area contributed by atoms with Crippen molar-refractivity contribution in [3.8, 4) is 0 Å². The second-order valence-corrected chi connectivity index (χ2v) is 4.04. The van der Waals surface area contributed by atoms with Crippen LogP contribution < -0.4 is 11.2 Å². The maximum Gasteiger partial charge on any atom is 0.0420 e. The highest BCUT2D eigenvalue weighted by Crippen LogP contribution is 2.09. The minimum Gasteiger partial charge on any atom is -0.324 e. The third-order valence-electron chi connectivity index (χ3n) is 2.60. The van der Waals surface area contributed by atoms with Crippen molar-refractivity contribution >= 4 is 0 Å². The molecular weight excluding hydrogens is 200 g/mol. The fourth-order valence-corrected chi connectivity index (χ4v) is 1.40. The first kappa shape index (κ1) is 13.1. The number of hydrogen-bond donors (Lipinski definition) is 2. The molecule has 4 nitrogen and oxygen atoms in total. The first-order valence-electron chi connectivity index (χ1n) is 5.78. The van der Waals surface area contributed by atoms with E-state index in [0.29, 0.717) is 0 Å². The zero-order chi connectivity index (χ0) is 12.0. The maximum absolute atomic E-state index is 5.83. The molecule has 0 radical (unpaired) electrons. The van der Waals surface area contributed by atoms with Crippen LogP contribution in [0.15, 0.2) is 18.3 Å². The number of hydrazine groups is 1. The highest BCUT2D eigenvalue weighted by molar-refractivity contribution is 5.19. The van der Waals surface area contributed by atoms with Gasteiger partial charge in [0, 0.05) is 44.5 Å². The molecule has 1 unspecified atom stereocenters. The fraction of sp³-hybridized carbons (Fsp3) is 0.583. The second kappa shape index (κ2) is 6.58. The Bertz CT molecular complexity index is 312. The molecule has 0 spiro atoms. The highest BCUT2D eigenvalue weighted by Gasteiger charge is 2.01. The van der Waals surface area contributed by atoms with Crippen LogP contribution in [-0.4, -0.2) is 30.1 Å². The van der Waals surface area contributed by atoms with Gasteiger partial charge in [-0.1, -0.05) is 6.92 Å². The van der Waals surface area contributed by atoms with Gasteiger partial charge in [0.05, 0.1) is 0 Å². The van der Waals surface area contributed by atoms with Gasteiger partial charge < -0.3 is 5.73 Å². The van der Waals surface area contributed by atoms with Crippen LogP contribution in [-0.2, 0) is 6.42 Å². The molecular formula is C12H22N4. The van der Waals surface area contributed by atoms with Gasteiger partial charge in [-0.15, -0.1) is 0 Å². The van der Waals surface area contributed by atoms with Gasteiger partial charge in [-0.2, -0.15) is 0 Å². The second-order valence-electron chi connectivity index (χ2n) is 4.04. The molecule has 1 heterocycles. The van der Waals surface area contributed by atoms with Crippen molar-refractivity contribution in [2.24, 2.45) is 5.73 Å². The van der Waals surface area contributed by atoms with Crippen LogP contribution in [0.3, 0.4) is 0 Å². The van der Waals surface area contributed by atoms with Crippen molar-refractivity contribution in [2.45, 2.75) is 26.3 Å². The largest absolute Gasteiger partial charge is 0.324 e. The number of pyridine rings is 1. The van der Waals surface area contributed by atoms with Gasteiger partial charge in [0.1, 0.15) is 0 Å². The summed E-state index contributed by atoms with van der Waals surface area (Å²) in [6.07, 6.45) is 2.75. The van der Waals surface area contributed by atoms with Crippen molar-refractivity contribution in [3.05, 3.63) is 29.6 Å². The van der Waals surface area contributed by atoms with Crippen LogP contribution in [0.4, 0.5) is 0 Å². The molecule has 0 aliphatic rings. The van der Waals surface area contributed by atoms with Gasteiger partial charge in [-0.05, 0) is 24.6 Å². The lowest BCUT2D eigenvalue weighted by Gasteiger charge is -2.15. The molecule has 0 aliphatic heterocycles. The van der Waals surface area contributed by atoms with Gasteiger partial charge in [0.2, 0.25) is 0 Å². The molecule has 1 aromatic rings. The van der Waals surface area contributed by atoms with Crippen molar-refractivity contribution in [1.82, 2.24) is 15.4 Å². The van der Waals surface area contributed by atoms with E-state index in [1.54, 1.807) is 0 Å². The summed E-state index contributed by atoms with van der Waals surface area (Å²) in [5, 5.41) is 2.06. The summed E-state index contributed by atoms with van der Waals surface area (Å²) < 4.78 is 0. The molecule has 0 amide bonds. The number of hydrogen-bond acceptors (Lipinski definition) is 4. The van der Waals surface area contributed by atoms with E-state index in [4.69, 9.17) is 5.73 Å². The Morgan fingerprint density at radius 3 is 2.94 bits per heavy atom. The van der Waals surface area contributed by atoms with Crippen LogP contribution in [0.25, 0.3) is 0 Å². The van der Waals surface area contributed by atoms with E-state index in [-0.39, 0.29) is 6.04 Å². The summed E-state index contributed by atoms with van der Waals surface area (Å²) in [5.41, 5.74) is 11.4. The molecule has 0 saturated heterocycles. The van der Waals surface area contributed by atoms with E-state index in [0.717, 1.165) is 30.8 Å². The smallest absolute Gasteiger partial charge is 0.0420 e. The SMILES string of the molecule is CCN(C)NCCc1cc(C(C)N)ccn1. The molecule has 4 heteroatoms. The van der Waals surface area contributed by atoms with Crippen LogP contribution in [0, 0.1) is 0 Å². The first-order valence-corrected chi connectivity index (χ1v) is 5.78. The van der Waals surface area contributed by atoms with Crippen molar-refractivity contribution in [1.29, 1.82) is 0 Å². The summed E-state index contributed by atoms with van der Waals surface area (Å²) >= 11 is 0. The predicted octanol–water partition coefficient (Wildman–Crippen LogP) is 1.10. The van der Waals surface area contributed by atoms with E-state index in [1.807, 2.05) is 26.2 Å². The number of nitrogens with one attached hydrogen (secondary N) is 1. The van der Waals surface area contributed by atoms with E-state index < -0.39 is 0 Å². The minimum absolute atomic E-state index is 0.0769. The van der Waals surface area contributed by atoms with E-state index in [9.17, 15) is 0 Å². The summed E-state index contributed by atoms with van der Waals surface area (Å²) in [6, 6.07) is 4.13. The van der Waals surface area contributed by atoms with Crippen molar-refractivity contribution in [2.75, 3.05) is 20.1 Å². The minimum atomic E-state index is 0.0769. The molecule has 0 aromatic carbocycles. The Morgan fingerprint density at radius 1 is 1.56 bits per heavy atom. The molecule has 1 rings (SSSR count). The fourth-order valence-electron chi connectivity index (χ4n) is 1.40.